The average Bonchev–Trinajstić information content (AvgIpc) is 3.02. The van der Waals surface area contributed by atoms with Gasteiger partial charge in [-0.05, 0) is 37.0 Å². The standard InChI is InChI=1S/C10H13ClN2O2S/c11-8-3-4-9(12)10(5-8)16(14,15)13-6-7-1-2-7/h3-5,7,13H,1-2,6,12H2. The molecule has 0 heterocycles. The van der Waals surface area contributed by atoms with E-state index in [4.69, 9.17) is 17.3 Å². The van der Waals surface area contributed by atoms with Crippen LogP contribution in [0.15, 0.2) is 23.1 Å². The molecule has 0 saturated heterocycles. The highest BCUT2D eigenvalue weighted by Gasteiger charge is 2.25. The van der Waals surface area contributed by atoms with Crippen LogP contribution in [0.1, 0.15) is 12.8 Å². The topological polar surface area (TPSA) is 72.2 Å². The zero-order valence-corrected chi connectivity index (χ0v) is 10.2. The van der Waals surface area contributed by atoms with Gasteiger partial charge in [-0.3, -0.25) is 0 Å². The Kier molecular flexibility index (Phi) is 3.10. The fourth-order valence-electron chi connectivity index (χ4n) is 1.37. The molecule has 0 spiro atoms. The average molecular weight is 261 g/mol. The highest BCUT2D eigenvalue weighted by molar-refractivity contribution is 7.89. The zero-order valence-electron chi connectivity index (χ0n) is 8.61. The van der Waals surface area contributed by atoms with Crippen LogP contribution in [0.2, 0.25) is 5.02 Å². The lowest BCUT2D eigenvalue weighted by molar-refractivity contribution is 0.578. The van der Waals surface area contributed by atoms with E-state index in [1.54, 1.807) is 6.07 Å². The number of halogens is 1. The SMILES string of the molecule is Nc1ccc(Cl)cc1S(=O)(=O)NCC1CC1. The lowest BCUT2D eigenvalue weighted by Gasteiger charge is -2.08. The van der Waals surface area contributed by atoms with Crippen LogP contribution in [0.3, 0.4) is 0 Å². The number of nitrogen functional groups attached to an aromatic ring is 1. The third-order valence-electron chi connectivity index (χ3n) is 2.52. The molecule has 1 aliphatic rings. The van der Waals surface area contributed by atoms with E-state index in [1.165, 1.54) is 12.1 Å². The Hall–Kier alpha value is -0.780. The van der Waals surface area contributed by atoms with Crippen molar-refractivity contribution in [3.63, 3.8) is 0 Å². The Morgan fingerprint density at radius 3 is 2.75 bits per heavy atom. The van der Waals surface area contributed by atoms with Crippen molar-refractivity contribution in [3.05, 3.63) is 23.2 Å². The van der Waals surface area contributed by atoms with Crippen molar-refractivity contribution in [1.29, 1.82) is 0 Å². The van der Waals surface area contributed by atoms with Crippen molar-refractivity contribution in [2.75, 3.05) is 12.3 Å². The highest BCUT2D eigenvalue weighted by atomic mass is 35.5. The van der Waals surface area contributed by atoms with Crippen LogP contribution in [0.5, 0.6) is 0 Å². The van der Waals surface area contributed by atoms with E-state index in [-0.39, 0.29) is 10.6 Å². The van der Waals surface area contributed by atoms with E-state index in [0.29, 0.717) is 17.5 Å². The molecule has 0 aliphatic heterocycles. The first-order chi connectivity index (χ1) is 7.49. The van der Waals surface area contributed by atoms with Crippen LogP contribution < -0.4 is 10.5 Å². The minimum absolute atomic E-state index is 0.0562. The van der Waals surface area contributed by atoms with Crippen LogP contribution in [0.25, 0.3) is 0 Å². The molecule has 3 N–H and O–H groups in total. The predicted octanol–water partition coefficient (Wildman–Crippen LogP) is 1.61. The first kappa shape index (κ1) is 11.7. The predicted molar refractivity (Wildman–Crippen MR) is 63.8 cm³/mol. The molecule has 0 radical (unpaired) electrons. The number of anilines is 1. The van der Waals surface area contributed by atoms with E-state index in [2.05, 4.69) is 4.72 Å². The van der Waals surface area contributed by atoms with Gasteiger partial charge in [-0.25, -0.2) is 13.1 Å². The summed E-state index contributed by atoms with van der Waals surface area (Å²) in [5.74, 6) is 0.482. The van der Waals surface area contributed by atoms with Crippen molar-refractivity contribution in [2.45, 2.75) is 17.7 Å². The molecule has 1 aromatic carbocycles. The Labute approximate surface area is 99.8 Å². The number of rotatable bonds is 4. The summed E-state index contributed by atoms with van der Waals surface area (Å²) in [5.41, 5.74) is 5.84. The molecule has 1 aromatic rings. The fourth-order valence-corrected chi connectivity index (χ4v) is 2.88. The van der Waals surface area contributed by atoms with Gasteiger partial charge in [-0.1, -0.05) is 11.6 Å². The highest BCUT2D eigenvalue weighted by Crippen LogP contribution is 2.29. The quantitative estimate of drug-likeness (QED) is 0.808. The van der Waals surface area contributed by atoms with Gasteiger partial charge in [0.15, 0.2) is 0 Å². The maximum Gasteiger partial charge on any atom is 0.242 e. The molecular weight excluding hydrogens is 248 g/mol. The molecule has 1 fully saturated rings. The Bertz CT molecular complexity index is 498. The van der Waals surface area contributed by atoms with Crippen molar-refractivity contribution in [1.82, 2.24) is 4.72 Å². The van der Waals surface area contributed by atoms with Gasteiger partial charge in [-0.2, -0.15) is 0 Å². The normalized spacial score (nSPS) is 16.3. The first-order valence-electron chi connectivity index (χ1n) is 5.04. The smallest absolute Gasteiger partial charge is 0.242 e. The van der Waals surface area contributed by atoms with Crippen molar-refractivity contribution >= 4 is 27.3 Å². The summed E-state index contributed by atoms with van der Waals surface area (Å²) in [6, 6.07) is 4.43. The number of hydrogen-bond acceptors (Lipinski definition) is 3. The van der Waals surface area contributed by atoms with Gasteiger partial charge in [0.2, 0.25) is 10.0 Å². The summed E-state index contributed by atoms with van der Waals surface area (Å²) in [6.07, 6.45) is 2.18. The van der Waals surface area contributed by atoms with Gasteiger partial charge in [0.05, 0.1) is 5.69 Å². The second-order valence-electron chi connectivity index (χ2n) is 3.98. The molecular formula is C10H13ClN2O2S. The van der Waals surface area contributed by atoms with E-state index in [0.717, 1.165) is 12.8 Å². The summed E-state index contributed by atoms with van der Waals surface area (Å²) in [4.78, 5) is 0.0562. The number of benzene rings is 1. The monoisotopic (exact) mass is 260 g/mol. The van der Waals surface area contributed by atoms with Gasteiger partial charge in [0.25, 0.3) is 0 Å². The Morgan fingerprint density at radius 2 is 2.12 bits per heavy atom. The third kappa shape index (κ3) is 2.66. The summed E-state index contributed by atoms with van der Waals surface area (Å²) < 4.78 is 26.3. The van der Waals surface area contributed by atoms with Crippen LogP contribution in [0, 0.1) is 5.92 Å². The van der Waals surface area contributed by atoms with E-state index in [9.17, 15) is 8.42 Å². The van der Waals surface area contributed by atoms with Gasteiger partial charge in [0.1, 0.15) is 4.90 Å². The molecule has 16 heavy (non-hydrogen) atoms. The summed E-state index contributed by atoms with van der Waals surface area (Å²) in [5, 5.41) is 0.362. The first-order valence-corrected chi connectivity index (χ1v) is 6.90. The molecule has 0 amide bonds. The molecule has 2 rings (SSSR count). The maximum absolute atomic E-state index is 11.9. The maximum atomic E-state index is 11.9. The number of nitrogens with one attached hydrogen (secondary N) is 1. The fraction of sp³-hybridized carbons (Fsp3) is 0.400. The van der Waals surface area contributed by atoms with Crippen molar-refractivity contribution in [3.8, 4) is 0 Å². The van der Waals surface area contributed by atoms with Crippen molar-refractivity contribution in [2.24, 2.45) is 5.92 Å². The number of hydrogen-bond donors (Lipinski definition) is 2. The molecule has 1 saturated carbocycles. The lowest BCUT2D eigenvalue weighted by atomic mass is 10.3. The lowest BCUT2D eigenvalue weighted by Crippen LogP contribution is -2.26. The van der Waals surface area contributed by atoms with Gasteiger partial charge >= 0.3 is 0 Å². The van der Waals surface area contributed by atoms with E-state index in [1.807, 2.05) is 0 Å². The molecule has 1 aliphatic carbocycles. The third-order valence-corrected chi connectivity index (χ3v) is 4.24. The minimum Gasteiger partial charge on any atom is -0.398 e. The van der Waals surface area contributed by atoms with Crippen LogP contribution >= 0.6 is 11.6 Å². The van der Waals surface area contributed by atoms with Gasteiger partial charge in [0, 0.05) is 11.6 Å². The minimum atomic E-state index is -3.53. The summed E-state index contributed by atoms with van der Waals surface area (Å²) in [6.45, 7) is 0.480. The van der Waals surface area contributed by atoms with Crippen molar-refractivity contribution < 1.29 is 8.42 Å². The molecule has 0 atom stereocenters. The molecule has 0 bridgehead atoms. The molecule has 0 aromatic heterocycles. The summed E-state index contributed by atoms with van der Waals surface area (Å²) in [7, 11) is -3.53. The molecule has 4 nitrogen and oxygen atoms in total. The van der Waals surface area contributed by atoms with Gasteiger partial charge < -0.3 is 5.73 Å². The number of sulfonamides is 1. The Balaban J connectivity index is 2.22. The summed E-state index contributed by atoms with van der Waals surface area (Å²) >= 11 is 5.75. The molecule has 6 heteroatoms. The van der Waals surface area contributed by atoms with Crippen LogP contribution in [0.4, 0.5) is 5.69 Å². The Morgan fingerprint density at radius 1 is 1.44 bits per heavy atom. The molecule has 88 valence electrons. The van der Waals surface area contributed by atoms with E-state index < -0.39 is 10.0 Å². The zero-order chi connectivity index (χ0) is 11.8. The second-order valence-corrected chi connectivity index (χ2v) is 6.15. The van der Waals surface area contributed by atoms with Crippen LogP contribution in [-0.2, 0) is 10.0 Å². The van der Waals surface area contributed by atoms with Gasteiger partial charge in [-0.15, -0.1) is 0 Å². The largest absolute Gasteiger partial charge is 0.398 e. The molecule has 0 unspecified atom stereocenters. The van der Waals surface area contributed by atoms with E-state index >= 15 is 0 Å². The van der Waals surface area contributed by atoms with Crippen LogP contribution in [-0.4, -0.2) is 15.0 Å². The number of nitrogens with two attached hydrogens (primary N) is 1. The second kappa shape index (κ2) is 4.24.